The van der Waals surface area contributed by atoms with Crippen molar-refractivity contribution >= 4 is 47.5 Å². The molecule has 140 valence electrons. The van der Waals surface area contributed by atoms with Gasteiger partial charge in [-0.05, 0) is 35.9 Å². The van der Waals surface area contributed by atoms with Crippen molar-refractivity contribution in [1.29, 1.82) is 0 Å². The Bertz CT molecular complexity index is 1290. The Balaban J connectivity index is 0.00000240. The van der Waals surface area contributed by atoms with Crippen LogP contribution in [0.1, 0.15) is 10.4 Å². The first-order valence-corrected chi connectivity index (χ1v) is 8.32. The normalized spacial score (nSPS) is 10.5. The number of fused-ring (bicyclic) bond motifs is 1. The van der Waals surface area contributed by atoms with E-state index in [0.29, 0.717) is 27.7 Å². The number of nitrogens with zero attached hydrogens (tertiary/aromatic N) is 3. The molecule has 0 unspecified atom stereocenters. The quantitative estimate of drug-likeness (QED) is 0.459. The van der Waals surface area contributed by atoms with E-state index < -0.39 is 5.97 Å². The third kappa shape index (κ3) is 3.59. The molecule has 0 saturated heterocycles. The molecule has 0 saturated carbocycles. The van der Waals surface area contributed by atoms with Gasteiger partial charge in [0.15, 0.2) is 0 Å². The standard InChI is InChI=1S/C20H15N5O3.Li.H/c21-17-15(19(27)28)9-12(10-23-17)11-6-7-16-14(8-11)18(26)25(20(22)24-16)13-4-2-1-3-5-13;;/h1-10H,(H2,21,23)(H2,22,24)(H,27,28);;. The number of hydrogen-bond donors (Lipinski definition) is 3. The van der Waals surface area contributed by atoms with Crippen LogP contribution in [0.2, 0.25) is 0 Å². The molecule has 0 atom stereocenters. The van der Waals surface area contributed by atoms with Crippen molar-refractivity contribution in [3.05, 3.63) is 76.7 Å². The van der Waals surface area contributed by atoms with Crippen LogP contribution in [0, 0.1) is 0 Å². The van der Waals surface area contributed by atoms with E-state index in [9.17, 15) is 14.7 Å². The summed E-state index contributed by atoms with van der Waals surface area (Å²) < 4.78 is 1.33. The molecular weight excluding hydrogens is 365 g/mol. The number of pyridine rings is 1. The van der Waals surface area contributed by atoms with Gasteiger partial charge >= 0.3 is 24.8 Å². The zero-order valence-electron chi connectivity index (χ0n) is 14.5. The number of aromatic carboxylic acids is 1. The monoisotopic (exact) mass is 381 g/mol. The van der Waals surface area contributed by atoms with Crippen molar-refractivity contribution in [2.24, 2.45) is 0 Å². The number of rotatable bonds is 3. The summed E-state index contributed by atoms with van der Waals surface area (Å²) in [5, 5.41) is 9.60. The van der Waals surface area contributed by atoms with E-state index in [0.717, 1.165) is 0 Å². The fourth-order valence-corrected chi connectivity index (χ4v) is 3.01. The molecular formula is C20H16LiN5O3. The molecule has 0 aliphatic rings. The molecule has 29 heavy (non-hydrogen) atoms. The van der Waals surface area contributed by atoms with E-state index in [1.807, 2.05) is 6.07 Å². The number of nitrogen functional groups attached to an aromatic ring is 2. The molecule has 2 heterocycles. The van der Waals surface area contributed by atoms with Gasteiger partial charge in [-0.25, -0.2) is 19.3 Å². The van der Waals surface area contributed by atoms with Gasteiger partial charge in [-0.15, -0.1) is 0 Å². The Morgan fingerprint density at radius 1 is 1.00 bits per heavy atom. The predicted octanol–water partition coefficient (Wildman–Crippen LogP) is 1.66. The van der Waals surface area contributed by atoms with Gasteiger partial charge in [0, 0.05) is 11.8 Å². The number of carboxylic acid groups (broad SMARTS) is 1. The van der Waals surface area contributed by atoms with Crippen molar-refractivity contribution in [3.63, 3.8) is 0 Å². The Morgan fingerprint density at radius 2 is 1.72 bits per heavy atom. The van der Waals surface area contributed by atoms with Crippen LogP contribution in [-0.2, 0) is 0 Å². The molecule has 2 aromatic carbocycles. The van der Waals surface area contributed by atoms with Crippen LogP contribution in [0.3, 0.4) is 0 Å². The summed E-state index contributed by atoms with van der Waals surface area (Å²) in [5.74, 6) is -1.16. The average Bonchev–Trinajstić information content (AvgIpc) is 2.69. The minimum atomic E-state index is -1.17. The SMILES string of the molecule is Nc1ncc(-c2ccc3nc(N)n(-c4ccccc4)c(=O)c3c2)cc1C(=O)O.[LiH]. The molecule has 4 aromatic rings. The van der Waals surface area contributed by atoms with Crippen LogP contribution in [0.4, 0.5) is 11.8 Å². The summed E-state index contributed by atoms with van der Waals surface area (Å²) in [6.45, 7) is 0. The summed E-state index contributed by atoms with van der Waals surface area (Å²) in [5.41, 5.74) is 13.4. The molecule has 0 aliphatic carbocycles. The van der Waals surface area contributed by atoms with Gasteiger partial charge in [0.1, 0.15) is 11.4 Å². The van der Waals surface area contributed by atoms with Gasteiger partial charge in [0.05, 0.1) is 16.6 Å². The average molecular weight is 381 g/mol. The third-order valence-electron chi connectivity index (χ3n) is 4.39. The predicted molar refractivity (Wildman–Crippen MR) is 114 cm³/mol. The van der Waals surface area contributed by atoms with E-state index in [-0.39, 0.29) is 41.7 Å². The Kier molecular flexibility index (Phi) is 5.41. The minimum absolute atomic E-state index is 0. The number of aromatic nitrogens is 3. The van der Waals surface area contributed by atoms with Crippen LogP contribution >= 0.6 is 0 Å². The number of carbonyl (C=O) groups is 1. The second-order valence-electron chi connectivity index (χ2n) is 6.14. The van der Waals surface area contributed by atoms with Gasteiger partial charge in [0.2, 0.25) is 5.95 Å². The van der Waals surface area contributed by atoms with Gasteiger partial charge in [-0.1, -0.05) is 24.3 Å². The van der Waals surface area contributed by atoms with Crippen molar-refractivity contribution in [2.75, 3.05) is 11.5 Å². The zero-order chi connectivity index (χ0) is 19.8. The van der Waals surface area contributed by atoms with Crippen LogP contribution in [0.15, 0.2) is 65.6 Å². The first kappa shape index (κ1) is 20.1. The summed E-state index contributed by atoms with van der Waals surface area (Å²) in [6.07, 6.45) is 1.46. The molecule has 8 nitrogen and oxygen atoms in total. The number of anilines is 2. The summed E-state index contributed by atoms with van der Waals surface area (Å²) in [6, 6.07) is 15.4. The van der Waals surface area contributed by atoms with Crippen molar-refractivity contribution in [1.82, 2.24) is 14.5 Å². The molecule has 9 heteroatoms. The van der Waals surface area contributed by atoms with Crippen LogP contribution in [0.25, 0.3) is 27.7 Å². The number of benzene rings is 2. The molecule has 0 amide bonds. The van der Waals surface area contributed by atoms with Gasteiger partial charge in [-0.3, -0.25) is 4.79 Å². The van der Waals surface area contributed by atoms with E-state index in [2.05, 4.69) is 9.97 Å². The Labute approximate surface area is 177 Å². The number of para-hydroxylation sites is 1. The van der Waals surface area contributed by atoms with Crippen LogP contribution in [0.5, 0.6) is 0 Å². The number of nitrogens with two attached hydrogens (primary N) is 2. The maximum atomic E-state index is 13.1. The zero-order valence-corrected chi connectivity index (χ0v) is 14.5. The van der Waals surface area contributed by atoms with Crippen molar-refractivity contribution in [3.8, 4) is 16.8 Å². The van der Waals surface area contributed by atoms with E-state index in [4.69, 9.17) is 11.5 Å². The maximum absolute atomic E-state index is 13.1. The van der Waals surface area contributed by atoms with Crippen molar-refractivity contribution in [2.45, 2.75) is 0 Å². The molecule has 0 radical (unpaired) electrons. The summed E-state index contributed by atoms with van der Waals surface area (Å²) in [4.78, 5) is 32.6. The molecule has 2 aromatic heterocycles. The first-order chi connectivity index (χ1) is 13.5. The molecule has 0 spiro atoms. The second kappa shape index (κ2) is 7.79. The fourth-order valence-electron chi connectivity index (χ4n) is 3.01. The molecule has 0 fully saturated rings. The number of carboxylic acids is 1. The molecule has 4 rings (SSSR count). The Hall–Kier alpha value is -3.60. The summed E-state index contributed by atoms with van der Waals surface area (Å²) in [7, 11) is 0. The number of hydrogen-bond acceptors (Lipinski definition) is 6. The van der Waals surface area contributed by atoms with Crippen LogP contribution in [-0.4, -0.2) is 44.5 Å². The van der Waals surface area contributed by atoms with Gasteiger partial charge in [-0.2, -0.15) is 0 Å². The molecule has 0 aliphatic heterocycles. The van der Waals surface area contributed by atoms with Crippen LogP contribution < -0.4 is 17.0 Å². The fraction of sp³-hybridized carbons (Fsp3) is 0. The van der Waals surface area contributed by atoms with Gasteiger partial charge in [0.25, 0.3) is 5.56 Å². The van der Waals surface area contributed by atoms with E-state index in [1.165, 1.54) is 16.8 Å². The van der Waals surface area contributed by atoms with E-state index in [1.54, 1.807) is 42.5 Å². The van der Waals surface area contributed by atoms with Gasteiger partial charge < -0.3 is 16.6 Å². The molecule has 5 N–H and O–H groups in total. The van der Waals surface area contributed by atoms with Crippen molar-refractivity contribution < 1.29 is 9.90 Å². The Morgan fingerprint density at radius 3 is 2.41 bits per heavy atom. The summed E-state index contributed by atoms with van der Waals surface area (Å²) >= 11 is 0. The first-order valence-electron chi connectivity index (χ1n) is 8.32. The van der Waals surface area contributed by atoms with E-state index >= 15 is 0 Å². The topological polar surface area (TPSA) is 137 Å². The second-order valence-corrected chi connectivity index (χ2v) is 6.14. The third-order valence-corrected chi connectivity index (χ3v) is 4.39. The molecule has 0 bridgehead atoms.